The predicted molar refractivity (Wildman–Crippen MR) is 122 cm³/mol. The molecule has 0 bridgehead atoms. The number of aliphatic carboxylic acids is 1. The first-order chi connectivity index (χ1) is 14.8. The molecule has 1 aromatic heterocycles. The predicted octanol–water partition coefficient (Wildman–Crippen LogP) is 4.07. The molecule has 2 aromatic carbocycles. The number of hydrogen-bond acceptors (Lipinski definition) is 3. The molecule has 0 aliphatic carbocycles. The molecule has 0 radical (unpaired) electrons. The van der Waals surface area contributed by atoms with Gasteiger partial charge in [0.15, 0.2) is 0 Å². The summed E-state index contributed by atoms with van der Waals surface area (Å²) in [5.41, 5.74) is 3.38. The van der Waals surface area contributed by atoms with Crippen LogP contribution in [-0.2, 0) is 20.9 Å². The van der Waals surface area contributed by atoms with Gasteiger partial charge in [0, 0.05) is 35.4 Å². The number of fused-ring (bicyclic) bond motifs is 3. The number of anilines is 1. The maximum Gasteiger partial charge on any atom is 0.305 e. The Morgan fingerprint density at radius 2 is 1.77 bits per heavy atom. The average Bonchev–Trinajstić information content (AvgIpc) is 3.04. The molecular weight excluding hydrogens is 394 g/mol. The minimum absolute atomic E-state index is 0.00238. The highest BCUT2D eigenvalue weighted by atomic mass is 16.4. The van der Waals surface area contributed by atoms with Crippen molar-refractivity contribution in [3.8, 4) is 0 Å². The third-order valence-electron chi connectivity index (χ3n) is 5.30. The summed E-state index contributed by atoms with van der Waals surface area (Å²) in [5, 5.41) is 16.8. The van der Waals surface area contributed by atoms with Crippen LogP contribution in [-0.4, -0.2) is 33.5 Å². The van der Waals surface area contributed by atoms with Crippen molar-refractivity contribution in [1.29, 1.82) is 0 Å². The van der Waals surface area contributed by atoms with E-state index in [9.17, 15) is 14.4 Å². The van der Waals surface area contributed by atoms with Crippen LogP contribution in [0.4, 0.5) is 5.69 Å². The fraction of sp³-hybridized carbons (Fsp3) is 0.292. The van der Waals surface area contributed by atoms with Crippen LogP contribution in [0.5, 0.6) is 0 Å². The molecule has 1 atom stereocenters. The average molecular weight is 421 g/mol. The fourth-order valence-corrected chi connectivity index (χ4v) is 3.70. The zero-order chi connectivity index (χ0) is 22.5. The first-order valence-corrected chi connectivity index (χ1v) is 10.2. The van der Waals surface area contributed by atoms with Gasteiger partial charge in [-0.15, -0.1) is 0 Å². The van der Waals surface area contributed by atoms with Gasteiger partial charge in [0.1, 0.15) is 6.04 Å². The Hall–Kier alpha value is -3.61. The molecule has 3 aromatic rings. The number of carbonyl (C=O) groups excluding carboxylic acids is 2. The van der Waals surface area contributed by atoms with Gasteiger partial charge in [-0.25, -0.2) is 0 Å². The summed E-state index contributed by atoms with van der Waals surface area (Å²) in [4.78, 5) is 35.6. The van der Waals surface area contributed by atoms with Gasteiger partial charge in [-0.2, -0.15) is 0 Å². The number of allylic oxidation sites excluding steroid dienone is 1. The van der Waals surface area contributed by atoms with E-state index in [1.165, 1.54) is 6.92 Å². The summed E-state index contributed by atoms with van der Waals surface area (Å²) in [7, 11) is 0. The summed E-state index contributed by atoms with van der Waals surface area (Å²) in [6.07, 6.45) is 2.33. The Kier molecular flexibility index (Phi) is 6.74. The van der Waals surface area contributed by atoms with Gasteiger partial charge in [-0.05, 0) is 38.5 Å². The number of carbonyl (C=O) groups is 3. The molecule has 3 rings (SSSR count). The third kappa shape index (κ3) is 5.12. The zero-order valence-corrected chi connectivity index (χ0v) is 17.9. The Morgan fingerprint density at radius 1 is 1.06 bits per heavy atom. The number of rotatable bonds is 8. The molecule has 0 saturated heterocycles. The minimum atomic E-state index is -0.868. The van der Waals surface area contributed by atoms with Crippen molar-refractivity contribution in [2.24, 2.45) is 0 Å². The van der Waals surface area contributed by atoms with Crippen molar-refractivity contribution in [2.45, 2.75) is 46.2 Å². The number of benzene rings is 2. The Morgan fingerprint density at radius 3 is 2.45 bits per heavy atom. The molecule has 1 unspecified atom stereocenters. The first kappa shape index (κ1) is 22.1. The van der Waals surface area contributed by atoms with Gasteiger partial charge in [-0.1, -0.05) is 35.9 Å². The third-order valence-corrected chi connectivity index (χ3v) is 5.30. The number of amides is 2. The largest absolute Gasteiger partial charge is 0.481 e. The first-order valence-electron chi connectivity index (χ1n) is 10.2. The Labute approximate surface area is 180 Å². The summed E-state index contributed by atoms with van der Waals surface area (Å²) in [6, 6.07) is 12.7. The number of carboxylic acids is 1. The van der Waals surface area contributed by atoms with Crippen molar-refractivity contribution >= 4 is 45.3 Å². The molecule has 0 aliphatic rings. The second kappa shape index (κ2) is 9.47. The zero-order valence-electron chi connectivity index (χ0n) is 17.9. The van der Waals surface area contributed by atoms with Gasteiger partial charge in [0.25, 0.3) is 0 Å². The fourth-order valence-electron chi connectivity index (χ4n) is 3.70. The van der Waals surface area contributed by atoms with E-state index in [0.29, 0.717) is 18.7 Å². The summed E-state index contributed by atoms with van der Waals surface area (Å²) in [6.45, 7) is 5.51. The van der Waals surface area contributed by atoms with Gasteiger partial charge < -0.3 is 20.3 Å². The molecule has 0 fully saturated rings. The summed E-state index contributed by atoms with van der Waals surface area (Å²) in [5.74, 6) is -1.44. The van der Waals surface area contributed by atoms with Gasteiger partial charge in [0.05, 0.1) is 11.9 Å². The maximum atomic E-state index is 12.9. The second-order valence-electron chi connectivity index (χ2n) is 7.63. The second-order valence-corrected chi connectivity index (χ2v) is 7.63. The molecule has 7 heteroatoms. The Balaban J connectivity index is 1.96. The summed E-state index contributed by atoms with van der Waals surface area (Å²) >= 11 is 0. The van der Waals surface area contributed by atoms with Crippen LogP contribution < -0.4 is 10.6 Å². The van der Waals surface area contributed by atoms with Crippen LogP contribution in [0.3, 0.4) is 0 Å². The normalized spacial score (nSPS) is 12.7. The number of aromatic nitrogens is 1. The van der Waals surface area contributed by atoms with Crippen molar-refractivity contribution in [2.75, 3.05) is 5.32 Å². The molecule has 31 heavy (non-hydrogen) atoms. The molecule has 7 nitrogen and oxygen atoms in total. The van der Waals surface area contributed by atoms with E-state index >= 15 is 0 Å². The molecule has 3 N–H and O–H groups in total. The standard InChI is InChI=1S/C24H27N3O4/c1-4-15(2)13-20(25-16(3)28)24(31)26-17-9-10-19-18-7-5-6-8-21(18)27(22(19)14-17)12-11-23(29)30/h4-10,14,20H,11-13H2,1-3H3,(H,25,28)(H,26,31)(H,29,30)/b15-4+. The van der Waals surface area contributed by atoms with Gasteiger partial charge in [-0.3, -0.25) is 14.4 Å². The van der Waals surface area contributed by atoms with E-state index in [-0.39, 0.29) is 18.2 Å². The van der Waals surface area contributed by atoms with E-state index in [2.05, 4.69) is 10.6 Å². The number of aryl methyl sites for hydroxylation is 1. The molecule has 2 amide bonds. The van der Waals surface area contributed by atoms with Crippen molar-refractivity contribution in [3.05, 3.63) is 54.1 Å². The van der Waals surface area contributed by atoms with E-state index in [1.807, 2.05) is 67.0 Å². The van der Waals surface area contributed by atoms with E-state index in [0.717, 1.165) is 27.4 Å². The van der Waals surface area contributed by atoms with E-state index in [4.69, 9.17) is 5.11 Å². The molecule has 162 valence electrons. The molecule has 0 aliphatic heterocycles. The number of para-hydroxylation sites is 1. The maximum absolute atomic E-state index is 12.9. The monoisotopic (exact) mass is 421 g/mol. The lowest BCUT2D eigenvalue weighted by atomic mass is 10.1. The quantitative estimate of drug-likeness (QED) is 0.477. The van der Waals surface area contributed by atoms with Crippen molar-refractivity contribution < 1.29 is 19.5 Å². The summed E-state index contributed by atoms with van der Waals surface area (Å²) < 4.78 is 1.96. The molecular formula is C24H27N3O4. The number of hydrogen-bond donors (Lipinski definition) is 3. The molecule has 1 heterocycles. The number of nitrogens with one attached hydrogen (secondary N) is 2. The lowest BCUT2D eigenvalue weighted by molar-refractivity contribution is -0.137. The van der Waals surface area contributed by atoms with E-state index < -0.39 is 12.0 Å². The highest BCUT2D eigenvalue weighted by Crippen LogP contribution is 2.31. The minimum Gasteiger partial charge on any atom is -0.481 e. The SMILES string of the molecule is C/C=C(\C)CC(NC(C)=O)C(=O)Nc1ccc2c3ccccc3n(CCC(=O)O)c2c1. The highest BCUT2D eigenvalue weighted by molar-refractivity contribution is 6.09. The van der Waals surface area contributed by atoms with Crippen LogP contribution in [0.1, 0.15) is 33.6 Å². The highest BCUT2D eigenvalue weighted by Gasteiger charge is 2.20. The molecule has 0 saturated carbocycles. The van der Waals surface area contributed by atoms with Crippen molar-refractivity contribution in [1.82, 2.24) is 9.88 Å². The van der Waals surface area contributed by atoms with Crippen LogP contribution in [0.25, 0.3) is 21.8 Å². The van der Waals surface area contributed by atoms with Gasteiger partial charge >= 0.3 is 5.97 Å². The van der Waals surface area contributed by atoms with E-state index in [1.54, 1.807) is 0 Å². The lowest BCUT2D eigenvalue weighted by Gasteiger charge is -2.18. The molecule has 0 spiro atoms. The van der Waals surface area contributed by atoms with Crippen LogP contribution in [0.15, 0.2) is 54.1 Å². The Bertz CT molecular complexity index is 1180. The van der Waals surface area contributed by atoms with Crippen molar-refractivity contribution in [3.63, 3.8) is 0 Å². The number of nitrogens with zero attached hydrogens (tertiary/aromatic N) is 1. The van der Waals surface area contributed by atoms with Crippen LogP contribution >= 0.6 is 0 Å². The smallest absolute Gasteiger partial charge is 0.305 e. The van der Waals surface area contributed by atoms with Crippen LogP contribution in [0.2, 0.25) is 0 Å². The topological polar surface area (TPSA) is 100 Å². The lowest BCUT2D eigenvalue weighted by Crippen LogP contribution is -2.43. The van der Waals surface area contributed by atoms with Crippen LogP contribution in [0, 0.1) is 0 Å². The van der Waals surface area contributed by atoms with Gasteiger partial charge in [0.2, 0.25) is 11.8 Å². The number of carboxylic acid groups (broad SMARTS) is 1.